The molecule has 29 heteroatoms. The van der Waals surface area contributed by atoms with Gasteiger partial charge in [0.05, 0.1) is 19.5 Å². The second-order valence-corrected chi connectivity index (χ2v) is 18.5. The molecule has 1 saturated heterocycles. The molecular weight excluding hydrogens is 809 g/mol. The van der Waals surface area contributed by atoms with E-state index in [1.54, 1.807) is 0 Å². The zero-order valence-corrected chi connectivity index (χ0v) is 32.7. The lowest BCUT2D eigenvalue weighted by atomic mass is 9.87. The summed E-state index contributed by atoms with van der Waals surface area (Å²) in [5.41, 5.74) is 4.25. The summed E-state index contributed by atoms with van der Waals surface area (Å²) in [6.45, 7) is 2.27. The first-order chi connectivity index (χ1) is 25.0. The fraction of sp³-hybridized carbons (Fsp3) is 0.680. The van der Waals surface area contributed by atoms with Gasteiger partial charge in [0.25, 0.3) is 0 Å². The first-order valence-electron chi connectivity index (χ1n) is 15.9. The van der Waals surface area contributed by atoms with Crippen LogP contribution in [0.25, 0.3) is 11.2 Å². The van der Waals surface area contributed by atoms with Crippen molar-refractivity contribution in [1.82, 2.24) is 30.2 Å². The largest absolute Gasteiger partial charge is 0.481 e. The summed E-state index contributed by atoms with van der Waals surface area (Å²) in [6, 6.07) is 0. The SMILES string of the molecule is CCCC(=O)[SH](N)CCNC(=O)CCNC(=O)C(O)C(C)(C)COP(=O)(O)OP(=O)(O)OC[C@H]1O[C@@H](n2cnc3c(N)ncnc32)[C@H](O)[C@@H]1OP(=O)(O)O. The van der Waals surface area contributed by atoms with Gasteiger partial charge in [-0.05, 0) is 6.42 Å². The third-order valence-corrected chi connectivity index (χ3v) is 12.2. The van der Waals surface area contributed by atoms with E-state index in [4.69, 9.17) is 24.7 Å². The Kier molecular flexibility index (Phi) is 16.2. The minimum absolute atomic E-state index is 0.0290. The van der Waals surface area contributed by atoms with Crippen LogP contribution in [0.4, 0.5) is 5.82 Å². The average molecular weight is 855 g/mol. The molecule has 0 aromatic carbocycles. The van der Waals surface area contributed by atoms with Crippen LogP contribution in [0.2, 0.25) is 0 Å². The van der Waals surface area contributed by atoms with Crippen LogP contribution in [0, 0.1) is 5.41 Å². The smallest absolute Gasteiger partial charge is 0.386 e. The molecule has 54 heavy (non-hydrogen) atoms. The summed E-state index contributed by atoms with van der Waals surface area (Å²) >= 11 is -1.37. The Labute approximate surface area is 310 Å². The molecule has 0 aliphatic carbocycles. The zero-order valence-electron chi connectivity index (χ0n) is 29.1. The Balaban J connectivity index is 1.52. The molecule has 1 aliphatic heterocycles. The number of thiol groups is 1. The summed E-state index contributed by atoms with van der Waals surface area (Å²) in [5.74, 6) is -1.19. The Morgan fingerprint density at radius 1 is 1.06 bits per heavy atom. The first-order valence-corrected chi connectivity index (χ1v) is 22.0. The van der Waals surface area contributed by atoms with Crippen molar-refractivity contribution < 1.29 is 80.5 Å². The van der Waals surface area contributed by atoms with E-state index in [1.165, 1.54) is 13.8 Å². The van der Waals surface area contributed by atoms with Gasteiger partial charge in [0, 0.05) is 37.1 Å². The van der Waals surface area contributed by atoms with E-state index in [2.05, 4.69) is 34.4 Å². The van der Waals surface area contributed by atoms with Gasteiger partial charge in [0.15, 0.2) is 22.8 Å². The number of ether oxygens (including phenoxy) is 1. The topological polar surface area (TPSA) is 390 Å². The van der Waals surface area contributed by atoms with Crippen molar-refractivity contribution in [2.24, 2.45) is 10.6 Å². The van der Waals surface area contributed by atoms with E-state index in [9.17, 15) is 57.9 Å². The molecule has 4 unspecified atom stereocenters. The van der Waals surface area contributed by atoms with Gasteiger partial charge in [-0.25, -0.2) is 28.6 Å². The highest BCUT2D eigenvalue weighted by atomic mass is 32.2. The van der Waals surface area contributed by atoms with E-state index in [0.717, 1.165) is 17.2 Å². The first kappa shape index (κ1) is 45.9. The molecule has 0 saturated carbocycles. The number of hydrogen-bond acceptors (Lipinski definition) is 18. The maximum absolute atomic E-state index is 12.7. The van der Waals surface area contributed by atoms with E-state index in [-0.39, 0.29) is 41.6 Å². The fourth-order valence-electron chi connectivity index (χ4n) is 4.74. The molecule has 12 N–H and O–H groups in total. The second-order valence-electron chi connectivity index (χ2n) is 12.4. The minimum atomic E-state index is -5.57. The highest BCUT2D eigenvalue weighted by molar-refractivity contribution is 8.28. The van der Waals surface area contributed by atoms with Crippen LogP contribution in [0.15, 0.2) is 12.7 Å². The Bertz CT molecular complexity index is 1780. The number of nitrogens with two attached hydrogens (primary N) is 2. The van der Waals surface area contributed by atoms with Gasteiger partial charge in [0.2, 0.25) is 11.8 Å². The van der Waals surface area contributed by atoms with Gasteiger partial charge in [0.1, 0.15) is 36.3 Å². The molecule has 3 heterocycles. The fourth-order valence-corrected chi connectivity index (χ4v) is 8.68. The maximum Gasteiger partial charge on any atom is 0.481 e. The molecule has 0 bridgehead atoms. The summed E-state index contributed by atoms with van der Waals surface area (Å²) in [6.07, 6.45) is -5.92. The number of amides is 2. The summed E-state index contributed by atoms with van der Waals surface area (Å²) in [7, 11) is -16.4. The van der Waals surface area contributed by atoms with Crippen LogP contribution in [0.1, 0.15) is 46.3 Å². The van der Waals surface area contributed by atoms with E-state index in [1.807, 2.05) is 6.92 Å². The normalized spacial score (nSPS) is 23.0. The van der Waals surface area contributed by atoms with Crippen molar-refractivity contribution in [1.29, 1.82) is 0 Å². The number of nitrogen functional groups attached to an aromatic ring is 1. The maximum atomic E-state index is 12.7. The third-order valence-electron chi connectivity index (χ3n) is 7.54. The molecule has 2 aromatic heterocycles. The number of nitrogens with zero attached hydrogens (tertiary/aromatic N) is 4. The minimum Gasteiger partial charge on any atom is -0.386 e. The molecule has 0 radical (unpaired) electrons. The van der Waals surface area contributed by atoms with E-state index < -0.39 is 95.6 Å². The summed E-state index contributed by atoms with van der Waals surface area (Å²) < 4.78 is 62.0. The van der Waals surface area contributed by atoms with E-state index in [0.29, 0.717) is 18.6 Å². The average Bonchev–Trinajstić information content (AvgIpc) is 3.62. The summed E-state index contributed by atoms with van der Waals surface area (Å²) in [4.78, 5) is 87.2. The highest BCUT2D eigenvalue weighted by Gasteiger charge is 2.50. The lowest BCUT2D eigenvalue weighted by Gasteiger charge is -2.30. The highest BCUT2D eigenvalue weighted by Crippen LogP contribution is 2.61. The number of nitrogens with one attached hydrogen (secondary N) is 2. The van der Waals surface area contributed by atoms with Gasteiger partial charge < -0.3 is 50.9 Å². The number of carbonyl (C=O) groups excluding carboxylic acids is 3. The van der Waals surface area contributed by atoms with Crippen LogP contribution in [-0.2, 0) is 50.7 Å². The zero-order chi connectivity index (χ0) is 40.6. The number of imidazole rings is 1. The van der Waals surface area contributed by atoms with Crippen molar-refractivity contribution in [3.63, 3.8) is 0 Å². The van der Waals surface area contributed by atoms with Crippen molar-refractivity contribution in [2.45, 2.75) is 70.7 Å². The molecule has 2 amide bonds. The number of carbonyl (C=O) groups is 3. The Morgan fingerprint density at radius 3 is 2.37 bits per heavy atom. The van der Waals surface area contributed by atoms with Crippen LogP contribution >= 0.6 is 34.5 Å². The van der Waals surface area contributed by atoms with Crippen LogP contribution in [0.5, 0.6) is 0 Å². The van der Waals surface area contributed by atoms with Crippen LogP contribution in [0.3, 0.4) is 0 Å². The number of anilines is 1. The third kappa shape index (κ3) is 13.3. The standard InChI is InChI=1S/C25H45N8O17P3S/c1-4-5-16(35)54(27)9-8-28-15(34)6-7-29-23(38)20(37)25(2,3)11-47-53(44,45)50-52(42,43)46-10-14-19(49-51(39,40)41)18(36)24(48-14)33-13-32-17-21(26)30-12-31-22(17)33/h12-14,18-20,24,36-37,54H,4-11,27H2,1-3H3,(H,28,34)(H,29,38)(H,42,43)(H,44,45)(H2,26,30,31)(H2,39,40,41)/t14-,18-,19-,20?,24-/m1/s1. The molecule has 0 spiro atoms. The molecule has 8 atom stereocenters. The van der Waals surface area contributed by atoms with Crippen LogP contribution < -0.4 is 21.5 Å². The van der Waals surface area contributed by atoms with E-state index >= 15 is 0 Å². The van der Waals surface area contributed by atoms with Gasteiger partial charge in [-0.3, -0.25) is 37.7 Å². The van der Waals surface area contributed by atoms with Gasteiger partial charge in [-0.15, -0.1) is 11.1 Å². The number of hydrogen-bond donors (Lipinski definition) is 11. The van der Waals surface area contributed by atoms with Gasteiger partial charge >= 0.3 is 23.5 Å². The number of phosphoric acid groups is 3. The number of aromatic nitrogens is 4. The summed E-state index contributed by atoms with van der Waals surface area (Å²) in [5, 5.41) is 32.1. The molecule has 3 rings (SSSR count). The van der Waals surface area contributed by atoms with Gasteiger partial charge in [-0.1, -0.05) is 20.8 Å². The molecule has 1 fully saturated rings. The molecule has 2 aromatic rings. The van der Waals surface area contributed by atoms with Crippen molar-refractivity contribution in [2.75, 3.05) is 37.8 Å². The predicted molar refractivity (Wildman–Crippen MR) is 188 cm³/mol. The van der Waals surface area contributed by atoms with Crippen molar-refractivity contribution >= 4 is 68.5 Å². The molecular formula is C25H45N8O17P3S. The lowest BCUT2D eigenvalue weighted by Crippen LogP contribution is -2.46. The van der Waals surface area contributed by atoms with Crippen molar-refractivity contribution in [3.8, 4) is 0 Å². The second kappa shape index (κ2) is 19.1. The molecule has 25 nitrogen and oxygen atoms in total. The number of fused-ring (bicyclic) bond motifs is 1. The molecule has 1 aliphatic rings. The number of phosphoric ester groups is 3. The Hall–Kier alpha value is -2.48. The quantitative estimate of drug-likeness (QED) is 0.0508. The van der Waals surface area contributed by atoms with Crippen LogP contribution in [-0.4, -0.2) is 123 Å². The number of rotatable bonds is 21. The molecule has 308 valence electrons. The lowest BCUT2D eigenvalue weighted by molar-refractivity contribution is -0.137. The van der Waals surface area contributed by atoms with Gasteiger partial charge in [-0.2, -0.15) is 4.31 Å². The number of aliphatic hydroxyl groups excluding tert-OH is 2. The van der Waals surface area contributed by atoms with Crippen molar-refractivity contribution in [3.05, 3.63) is 12.7 Å². The number of aliphatic hydroxyl groups is 2. The monoisotopic (exact) mass is 854 g/mol. The Morgan fingerprint density at radius 2 is 1.72 bits per heavy atom. The predicted octanol–water partition coefficient (Wildman–Crippen LogP) is -1.39.